The van der Waals surface area contributed by atoms with Crippen LogP contribution in [0.4, 0.5) is 0 Å². The molecule has 1 rings (SSSR count). The highest BCUT2D eigenvalue weighted by Gasteiger charge is 2.44. The number of unbranched alkanes of at least 4 members (excludes halogenated alkanes) is 43. The van der Waals surface area contributed by atoms with E-state index in [0.29, 0.717) is 12.8 Å². The Morgan fingerprint density at radius 1 is 0.436 bits per heavy atom. The minimum atomic E-state index is -1.67. The lowest BCUT2D eigenvalue weighted by Crippen LogP contribution is -2.60. The van der Waals surface area contributed by atoms with Crippen molar-refractivity contribution in [3.8, 4) is 0 Å². The molecule has 462 valence electrons. The predicted octanol–water partition coefficient (Wildman–Crippen LogP) is 15.6. The first-order valence-electron chi connectivity index (χ1n) is 33.7. The van der Waals surface area contributed by atoms with E-state index in [0.717, 1.165) is 57.8 Å². The summed E-state index contributed by atoms with van der Waals surface area (Å²) in [6, 6.07) is -1.19. The Balaban J connectivity index is 2.21. The maximum atomic E-state index is 13.2. The van der Waals surface area contributed by atoms with Gasteiger partial charge < -0.3 is 50.5 Å². The minimum absolute atomic E-state index is 0.248. The number of ether oxygens (including phenoxy) is 2. The molecule has 1 heterocycles. The lowest BCUT2D eigenvalue weighted by Gasteiger charge is -2.40. The molecule has 0 aliphatic carbocycles. The van der Waals surface area contributed by atoms with Crippen molar-refractivity contribution in [1.29, 1.82) is 0 Å². The number of hydrogen-bond donors (Lipinski definition) is 8. The summed E-state index contributed by atoms with van der Waals surface area (Å²) in [4.78, 5) is 13.2. The van der Waals surface area contributed by atoms with Crippen molar-refractivity contribution in [2.45, 2.75) is 384 Å². The van der Waals surface area contributed by atoms with Gasteiger partial charge in [-0.15, -0.1) is 0 Å². The number of rotatable bonds is 59. The van der Waals surface area contributed by atoms with Crippen LogP contribution in [-0.4, -0.2) is 110 Å². The molecule has 78 heavy (non-hydrogen) atoms. The molecule has 1 aliphatic heterocycles. The van der Waals surface area contributed by atoms with Crippen LogP contribution in [0.2, 0.25) is 0 Å². The molecular formula is C67H129NO10. The van der Waals surface area contributed by atoms with Crippen molar-refractivity contribution >= 4 is 5.91 Å². The normalized spacial score (nSPS) is 19.5. The van der Waals surface area contributed by atoms with E-state index in [9.17, 15) is 40.5 Å². The number of hydrogen-bond acceptors (Lipinski definition) is 10. The van der Waals surface area contributed by atoms with E-state index < -0.39 is 74.2 Å². The average Bonchev–Trinajstić information content (AvgIpc) is 3.46. The van der Waals surface area contributed by atoms with Crippen LogP contribution in [0.3, 0.4) is 0 Å². The third-order valence-electron chi connectivity index (χ3n) is 16.5. The number of aliphatic hydroxyl groups is 7. The molecule has 0 aromatic heterocycles. The van der Waals surface area contributed by atoms with Gasteiger partial charge in [0.25, 0.3) is 0 Å². The molecule has 0 radical (unpaired) electrons. The molecule has 1 aliphatic rings. The van der Waals surface area contributed by atoms with Crippen molar-refractivity contribution in [2.75, 3.05) is 13.2 Å². The monoisotopic (exact) mass is 1110 g/mol. The van der Waals surface area contributed by atoms with E-state index >= 15 is 0 Å². The molecule has 1 amide bonds. The zero-order valence-corrected chi connectivity index (χ0v) is 50.9. The van der Waals surface area contributed by atoms with Gasteiger partial charge in [0, 0.05) is 0 Å². The predicted molar refractivity (Wildman–Crippen MR) is 326 cm³/mol. The van der Waals surface area contributed by atoms with Crippen molar-refractivity contribution in [1.82, 2.24) is 5.32 Å². The van der Waals surface area contributed by atoms with E-state index in [2.05, 4.69) is 43.5 Å². The molecule has 11 heteroatoms. The topological polar surface area (TPSA) is 189 Å². The third-order valence-corrected chi connectivity index (χ3v) is 16.5. The molecule has 9 atom stereocenters. The second-order valence-corrected chi connectivity index (χ2v) is 23.9. The Kier molecular flexibility index (Phi) is 53.6. The van der Waals surface area contributed by atoms with Gasteiger partial charge in [-0.25, -0.2) is 0 Å². The zero-order chi connectivity index (χ0) is 56.8. The lowest BCUT2D eigenvalue weighted by atomic mass is 9.98. The van der Waals surface area contributed by atoms with Crippen LogP contribution in [0.25, 0.3) is 0 Å². The van der Waals surface area contributed by atoms with Crippen LogP contribution in [0.15, 0.2) is 24.3 Å². The Labute approximate surface area is 480 Å². The molecule has 11 nitrogen and oxygen atoms in total. The Morgan fingerprint density at radius 2 is 0.756 bits per heavy atom. The molecule has 0 aromatic rings. The van der Waals surface area contributed by atoms with Crippen LogP contribution < -0.4 is 5.32 Å². The summed E-state index contributed by atoms with van der Waals surface area (Å²) in [6.45, 7) is 3.48. The largest absolute Gasteiger partial charge is 0.394 e. The minimum Gasteiger partial charge on any atom is -0.394 e. The van der Waals surface area contributed by atoms with Crippen LogP contribution in [0.5, 0.6) is 0 Å². The summed E-state index contributed by atoms with van der Waals surface area (Å²) >= 11 is 0. The van der Waals surface area contributed by atoms with Crippen molar-refractivity contribution in [3.63, 3.8) is 0 Å². The molecule has 1 fully saturated rings. The molecule has 0 aromatic carbocycles. The Morgan fingerprint density at radius 3 is 1.10 bits per heavy atom. The first-order valence-corrected chi connectivity index (χ1v) is 33.7. The van der Waals surface area contributed by atoms with E-state index in [1.165, 1.54) is 231 Å². The smallest absolute Gasteiger partial charge is 0.249 e. The first-order chi connectivity index (χ1) is 38.2. The van der Waals surface area contributed by atoms with Crippen LogP contribution in [0, 0.1) is 0 Å². The number of amides is 1. The Bertz CT molecular complexity index is 1320. The average molecular weight is 1110 g/mol. The van der Waals surface area contributed by atoms with Gasteiger partial charge in [0.05, 0.1) is 25.4 Å². The molecule has 9 unspecified atom stereocenters. The highest BCUT2D eigenvalue weighted by Crippen LogP contribution is 2.24. The first kappa shape index (κ1) is 74.6. The van der Waals surface area contributed by atoms with Crippen LogP contribution >= 0.6 is 0 Å². The molecule has 0 spiro atoms. The van der Waals surface area contributed by atoms with Gasteiger partial charge in [0.15, 0.2) is 6.29 Å². The number of nitrogens with one attached hydrogen (secondary N) is 1. The van der Waals surface area contributed by atoms with E-state index in [4.69, 9.17) is 9.47 Å². The van der Waals surface area contributed by atoms with Crippen LogP contribution in [0.1, 0.15) is 328 Å². The fourth-order valence-corrected chi connectivity index (χ4v) is 11.0. The number of allylic oxidation sites excluding steroid dienone is 4. The molecule has 0 bridgehead atoms. The molecule has 1 saturated heterocycles. The number of carbonyl (C=O) groups is 1. The summed E-state index contributed by atoms with van der Waals surface area (Å²) < 4.78 is 11.2. The quantitative estimate of drug-likeness (QED) is 0.0215. The number of aliphatic hydroxyl groups excluding tert-OH is 7. The summed E-state index contributed by atoms with van der Waals surface area (Å²) in [7, 11) is 0. The van der Waals surface area contributed by atoms with Crippen molar-refractivity contribution < 1.29 is 50.0 Å². The molecular weight excluding hydrogens is 979 g/mol. The summed E-state index contributed by atoms with van der Waals surface area (Å²) in [5, 5.41) is 76.3. The highest BCUT2D eigenvalue weighted by atomic mass is 16.7. The van der Waals surface area contributed by atoms with Gasteiger partial charge >= 0.3 is 0 Å². The van der Waals surface area contributed by atoms with Crippen molar-refractivity contribution in [3.05, 3.63) is 24.3 Å². The van der Waals surface area contributed by atoms with E-state index in [-0.39, 0.29) is 12.8 Å². The van der Waals surface area contributed by atoms with Gasteiger partial charge in [-0.05, 0) is 64.2 Å². The van der Waals surface area contributed by atoms with Gasteiger partial charge in [0.2, 0.25) is 5.91 Å². The second kappa shape index (κ2) is 56.1. The lowest BCUT2D eigenvalue weighted by molar-refractivity contribution is -0.303. The van der Waals surface area contributed by atoms with Gasteiger partial charge in [-0.3, -0.25) is 4.79 Å². The van der Waals surface area contributed by atoms with Crippen LogP contribution in [-0.2, 0) is 14.3 Å². The maximum absolute atomic E-state index is 13.2. The summed E-state index contributed by atoms with van der Waals surface area (Å²) in [5.41, 5.74) is 0. The SMILES string of the molecule is CCCCCCCCCCC/C=C\CCCCCCCCC(O)C(=O)NC(COC1OC(CO)C(O)C(O)C1O)C(O)C(O)CCC/C=C/CCCCCCCCCCCCCCCCCCCCCCCCCCCCC. The molecule has 8 N–H and O–H groups in total. The standard InChI is InChI=1S/C67H129NO10/c1-3-5-7-9-11-13-15-17-19-21-23-24-25-26-27-28-29-30-31-32-33-34-35-37-38-40-42-44-46-48-50-52-54-59(70)62(72)58(57-77-67-65(75)64(74)63(73)61(56-69)78-67)68-66(76)60(71)55-53-51-49-47-45-43-41-39-36-22-20-18-16-14-12-10-8-6-4-2/h36,39,46,48,58-65,67,69-75H,3-35,37-38,40-45,47,49-57H2,1-2H3,(H,68,76)/b39-36-,48-46+. The van der Waals surface area contributed by atoms with Gasteiger partial charge in [-0.2, -0.15) is 0 Å². The van der Waals surface area contributed by atoms with Gasteiger partial charge in [0.1, 0.15) is 36.6 Å². The van der Waals surface area contributed by atoms with Gasteiger partial charge in [-0.1, -0.05) is 289 Å². The summed E-state index contributed by atoms with van der Waals surface area (Å²) in [6.07, 6.45) is 58.4. The molecule has 0 saturated carbocycles. The third kappa shape index (κ3) is 43.3. The zero-order valence-electron chi connectivity index (χ0n) is 50.9. The van der Waals surface area contributed by atoms with Crippen molar-refractivity contribution in [2.24, 2.45) is 0 Å². The second-order valence-electron chi connectivity index (χ2n) is 23.9. The maximum Gasteiger partial charge on any atom is 0.249 e. The number of carbonyl (C=O) groups excluding carboxylic acids is 1. The van der Waals surface area contributed by atoms with E-state index in [1.54, 1.807) is 0 Å². The highest BCUT2D eigenvalue weighted by molar-refractivity contribution is 5.80. The Hall–Kier alpha value is -1.41. The summed E-state index contributed by atoms with van der Waals surface area (Å²) in [5.74, 6) is -0.707. The fraction of sp³-hybridized carbons (Fsp3) is 0.925. The van der Waals surface area contributed by atoms with E-state index in [1.807, 2.05) is 0 Å². The fourth-order valence-electron chi connectivity index (χ4n) is 11.0.